The van der Waals surface area contributed by atoms with Crippen LogP contribution in [0.15, 0.2) is 16.6 Å². The van der Waals surface area contributed by atoms with E-state index in [2.05, 4.69) is 21.2 Å². The second-order valence-corrected chi connectivity index (χ2v) is 5.12. The second-order valence-electron chi connectivity index (χ2n) is 4.26. The molecule has 2 atom stereocenters. The minimum Gasteiger partial charge on any atom is -0.479 e. The number of carbonyl (C=O) groups excluding carboxylic acids is 1. The highest BCUT2D eigenvalue weighted by Gasteiger charge is 2.35. The summed E-state index contributed by atoms with van der Waals surface area (Å²) in [5.74, 6) is -3.53. The standard InChI is InChI=1S/C12H10BrF2NO4/c13-6-3-5(14)4-7(15)10(6)16-11(17)8-1-2-9(20-8)12(18)19/h3-4,8-9H,1-2H2,(H,16,17)(H,18,19)/t8-,9+/m0/s1. The Morgan fingerprint density at radius 2 is 1.95 bits per heavy atom. The van der Waals surface area contributed by atoms with Crippen molar-refractivity contribution in [2.75, 3.05) is 5.32 Å². The van der Waals surface area contributed by atoms with Gasteiger partial charge in [0.15, 0.2) is 11.9 Å². The maximum Gasteiger partial charge on any atom is 0.332 e. The Morgan fingerprint density at radius 3 is 2.50 bits per heavy atom. The second kappa shape index (κ2) is 5.84. The molecular weight excluding hydrogens is 340 g/mol. The minimum absolute atomic E-state index is 0.0520. The van der Waals surface area contributed by atoms with Gasteiger partial charge in [0.1, 0.15) is 11.9 Å². The molecular formula is C12H10BrF2NO4. The van der Waals surface area contributed by atoms with Crippen molar-refractivity contribution in [1.82, 2.24) is 0 Å². The molecule has 0 saturated carbocycles. The van der Waals surface area contributed by atoms with Crippen molar-refractivity contribution in [3.63, 3.8) is 0 Å². The lowest BCUT2D eigenvalue weighted by molar-refractivity contribution is -0.150. The van der Waals surface area contributed by atoms with Crippen molar-refractivity contribution in [2.24, 2.45) is 0 Å². The fourth-order valence-corrected chi connectivity index (χ4v) is 2.38. The summed E-state index contributed by atoms with van der Waals surface area (Å²) in [6.45, 7) is 0. The van der Waals surface area contributed by atoms with Gasteiger partial charge in [0, 0.05) is 10.5 Å². The molecule has 1 saturated heterocycles. The number of anilines is 1. The largest absolute Gasteiger partial charge is 0.479 e. The number of nitrogens with one attached hydrogen (secondary N) is 1. The van der Waals surface area contributed by atoms with E-state index >= 15 is 0 Å². The Bertz CT molecular complexity index is 543. The molecule has 0 aliphatic carbocycles. The van der Waals surface area contributed by atoms with Gasteiger partial charge < -0.3 is 15.2 Å². The average Bonchev–Trinajstić information content (AvgIpc) is 2.83. The molecule has 5 nitrogen and oxygen atoms in total. The first-order valence-corrected chi connectivity index (χ1v) is 6.51. The van der Waals surface area contributed by atoms with Gasteiger partial charge in [-0.3, -0.25) is 4.79 Å². The summed E-state index contributed by atoms with van der Waals surface area (Å²) in [6.07, 6.45) is -1.57. The first-order valence-electron chi connectivity index (χ1n) is 5.72. The van der Waals surface area contributed by atoms with Crippen LogP contribution >= 0.6 is 15.9 Å². The Morgan fingerprint density at radius 1 is 1.30 bits per heavy atom. The quantitative estimate of drug-likeness (QED) is 0.877. The van der Waals surface area contributed by atoms with Gasteiger partial charge in [-0.15, -0.1) is 0 Å². The topological polar surface area (TPSA) is 75.6 Å². The van der Waals surface area contributed by atoms with Crippen molar-refractivity contribution in [1.29, 1.82) is 0 Å². The predicted octanol–water partition coefficient (Wildman–Crippen LogP) is 2.30. The van der Waals surface area contributed by atoms with E-state index in [4.69, 9.17) is 9.84 Å². The monoisotopic (exact) mass is 349 g/mol. The highest BCUT2D eigenvalue weighted by atomic mass is 79.9. The van der Waals surface area contributed by atoms with Gasteiger partial charge >= 0.3 is 5.97 Å². The number of amides is 1. The highest BCUT2D eigenvalue weighted by molar-refractivity contribution is 9.10. The summed E-state index contributed by atoms with van der Waals surface area (Å²) in [6, 6.07) is 1.64. The van der Waals surface area contributed by atoms with E-state index in [0.29, 0.717) is 6.07 Å². The van der Waals surface area contributed by atoms with E-state index in [-0.39, 0.29) is 23.0 Å². The van der Waals surface area contributed by atoms with Crippen LogP contribution < -0.4 is 5.32 Å². The lowest BCUT2D eigenvalue weighted by Crippen LogP contribution is -2.30. The lowest BCUT2D eigenvalue weighted by atomic mass is 10.2. The van der Waals surface area contributed by atoms with Crippen LogP contribution in [-0.4, -0.2) is 29.2 Å². The van der Waals surface area contributed by atoms with Crippen LogP contribution in [0, 0.1) is 11.6 Å². The van der Waals surface area contributed by atoms with Gasteiger partial charge in [0.2, 0.25) is 0 Å². The molecule has 1 aromatic rings. The number of carboxylic acid groups (broad SMARTS) is 1. The van der Waals surface area contributed by atoms with E-state index in [0.717, 1.165) is 6.07 Å². The molecule has 2 rings (SSSR count). The smallest absolute Gasteiger partial charge is 0.332 e. The summed E-state index contributed by atoms with van der Waals surface area (Å²) >= 11 is 2.94. The summed E-state index contributed by atoms with van der Waals surface area (Å²) in [5, 5.41) is 11.0. The zero-order valence-corrected chi connectivity index (χ0v) is 11.6. The summed E-state index contributed by atoms with van der Waals surface area (Å²) < 4.78 is 31.5. The van der Waals surface area contributed by atoms with E-state index in [1.165, 1.54) is 0 Å². The van der Waals surface area contributed by atoms with Gasteiger partial charge in [-0.05, 0) is 34.8 Å². The molecule has 20 heavy (non-hydrogen) atoms. The number of carbonyl (C=O) groups is 2. The lowest BCUT2D eigenvalue weighted by Gasteiger charge is -2.13. The third-order valence-electron chi connectivity index (χ3n) is 2.84. The molecule has 0 spiro atoms. The number of halogens is 3. The maximum absolute atomic E-state index is 13.5. The van der Waals surface area contributed by atoms with E-state index in [1.54, 1.807) is 0 Å². The SMILES string of the molecule is O=C(Nc1c(F)cc(F)cc1Br)[C@@H]1CC[C@H](C(=O)O)O1. The fraction of sp³-hybridized carbons (Fsp3) is 0.333. The maximum atomic E-state index is 13.5. The van der Waals surface area contributed by atoms with Crippen molar-refractivity contribution in [3.05, 3.63) is 28.2 Å². The highest BCUT2D eigenvalue weighted by Crippen LogP contribution is 2.28. The molecule has 2 N–H and O–H groups in total. The number of carboxylic acids is 1. The zero-order valence-electron chi connectivity index (χ0n) is 10.0. The number of aliphatic carboxylic acids is 1. The third-order valence-corrected chi connectivity index (χ3v) is 3.47. The molecule has 1 aromatic carbocycles. The van der Waals surface area contributed by atoms with Gasteiger partial charge in [-0.2, -0.15) is 0 Å². The summed E-state index contributed by atoms with van der Waals surface area (Å²) in [7, 11) is 0. The van der Waals surface area contributed by atoms with Crippen LogP contribution in [0.3, 0.4) is 0 Å². The van der Waals surface area contributed by atoms with E-state index in [9.17, 15) is 18.4 Å². The van der Waals surface area contributed by atoms with Crippen LogP contribution in [0.25, 0.3) is 0 Å². The molecule has 0 radical (unpaired) electrons. The Balaban J connectivity index is 2.08. The van der Waals surface area contributed by atoms with Crippen molar-refractivity contribution >= 4 is 33.5 Å². The number of hydrogen-bond acceptors (Lipinski definition) is 3. The molecule has 0 aromatic heterocycles. The third kappa shape index (κ3) is 3.13. The van der Waals surface area contributed by atoms with Gasteiger partial charge in [0.25, 0.3) is 5.91 Å². The predicted molar refractivity (Wildman–Crippen MR) is 68.2 cm³/mol. The summed E-state index contributed by atoms with van der Waals surface area (Å²) in [5.41, 5.74) is -0.209. The Hall–Kier alpha value is -1.54. The summed E-state index contributed by atoms with van der Waals surface area (Å²) in [4.78, 5) is 22.6. The van der Waals surface area contributed by atoms with Gasteiger partial charge in [-0.1, -0.05) is 0 Å². The van der Waals surface area contributed by atoms with Crippen molar-refractivity contribution in [3.8, 4) is 0 Å². The number of rotatable bonds is 3. The molecule has 108 valence electrons. The molecule has 1 fully saturated rings. The van der Waals surface area contributed by atoms with Crippen molar-refractivity contribution in [2.45, 2.75) is 25.0 Å². The molecule has 0 bridgehead atoms. The van der Waals surface area contributed by atoms with Gasteiger partial charge in [-0.25, -0.2) is 13.6 Å². The van der Waals surface area contributed by atoms with Crippen molar-refractivity contribution < 1.29 is 28.2 Å². The van der Waals surface area contributed by atoms with Crippen LogP contribution in [0.1, 0.15) is 12.8 Å². The minimum atomic E-state index is -1.14. The van der Waals surface area contributed by atoms with Crippen LogP contribution in [0.4, 0.5) is 14.5 Å². The molecule has 0 unspecified atom stereocenters. The fourth-order valence-electron chi connectivity index (χ4n) is 1.88. The number of benzene rings is 1. The van der Waals surface area contributed by atoms with Crippen LogP contribution in [0.5, 0.6) is 0 Å². The first-order chi connectivity index (χ1) is 9.38. The normalized spacial score (nSPS) is 21.8. The van der Waals surface area contributed by atoms with E-state index in [1.807, 2.05) is 0 Å². The molecule has 1 amide bonds. The molecule has 1 aliphatic heterocycles. The number of ether oxygens (including phenoxy) is 1. The van der Waals surface area contributed by atoms with Crippen LogP contribution in [0.2, 0.25) is 0 Å². The average molecular weight is 350 g/mol. The Labute approximate surface area is 121 Å². The molecule has 1 heterocycles. The zero-order chi connectivity index (χ0) is 14.9. The number of hydrogen-bond donors (Lipinski definition) is 2. The van der Waals surface area contributed by atoms with Crippen LogP contribution in [-0.2, 0) is 14.3 Å². The first kappa shape index (κ1) is 14.9. The molecule has 8 heteroatoms. The molecule has 1 aliphatic rings. The Kier molecular flexibility index (Phi) is 4.34. The van der Waals surface area contributed by atoms with E-state index < -0.39 is 35.7 Å². The van der Waals surface area contributed by atoms with Gasteiger partial charge in [0.05, 0.1) is 5.69 Å².